The molecule has 2 aliphatic rings. The van der Waals surface area contributed by atoms with Crippen LogP contribution >= 0.6 is 0 Å². The van der Waals surface area contributed by atoms with Crippen LogP contribution in [0.3, 0.4) is 0 Å². The van der Waals surface area contributed by atoms with Crippen LogP contribution in [-0.4, -0.2) is 7.11 Å². The number of hydrogen-bond donors (Lipinski definition) is 0. The van der Waals surface area contributed by atoms with Gasteiger partial charge in [0.05, 0.1) is 12.9 Å². The zero-order chi connectivity index (χ0) is 6.27. The third-order valence-electron chi connectivity index (χ3n) is 2.10. The summed E-state index contributed by atoms with van der Waals surface area (Å²) in [7, 11) is 1.75. The third-order valence-corrected chi connectivity index (χ3v) is 2.10. The summed E-state index contributed by atoms with van der Waals surface area (Å²) in [5, 5.41) is 0. The molecule has 0 saturated carbocycles. The third kappa shape index (κ3) is 0.607. The van der Waals surface area contributed by atoms with Gasteiger partial charge >= 0.3 is 0 Å². The zero-order valence-corrected chi connectivity index (χ0v) is 5.50. The van der Waals surface area contributed by atoms with Gasteiger partial charge in [0.25, 0.3) is 0 Å². The fourth-order valence-corrected chi connectivity index (χ4v) is 1.62. The maximum absolute atomic E-state index is 5.15. The minimum atomic E-state index is 0.611. The first-order chi connectivity index (χ1) is 4.40. The van der Waals surface area contributed by atoms with E-state index in [1.165, 1.54) is 12.2 Å². The van der Waals surface area contributed by atoms with Crippen LogP contribution < -0.4 is 0 Å². The van der Waals surface area contributed by atoms with Gasteiger partial charge in [-0.1, -0.05) is 12.2 Å². The Labute approximate surface area is 55.0 Å². The number of allylic oxidation sites excluding steroid dienone is 3. The van der Waals surface area contributed by atoms with Crippen molar-refractivity contribution < 1.29 is 4.74 Å². The number of rotatable bonds is 1. The minimum Gasteiger partial charge on any atom is -0.501 e. The molecule has 0 spiro atoms. The Balaban J connectivity index is 2.22. The Morgan fingerprint density at radius 3 is 2.78 bits per heavy atom. The molecule has 2 rings (SSSR count). The van der Waals surface area contributed by atoms with Crippen molar-refractivity contribution in [3.05, 3.63) is 24.0 Å². The van der Waals surface area contributed by atoms with Gasteiger partial charge < -0.3 is 4.74 Å². The molecule has 0 heterocycles. The van der Waals surface area contributed by atoms with Gasteiger partial charge in [-0.15, -0.1) is 0 Å². The molecule has 2 atom stereocenters. The highest BCUT2D eigenvalue weighted by molar-refractivity contribution is 5.26. The molecule has 0 aromatic heterocycles. The largest absolute Gasteiger partial charge is 0.501 e. The monoisotopic (exact) mass is 122 g/mol. The normalized spacial score (nSPS) is 37.2. The molecule has 0 aromatic rings. The number of ether oxygens (including phenoxy) is 1. The van der Waals surface area contributed by atoms with Crippen molar-refractivity contribution >= 4 is 0 Å². The molecule has 48 valence electrons. The summed E-state index contributed by atoms with van der Waals surface area (Å²) < 4.78 is 5.15. The molecule has 0 N–H and O–H groups in total. The Morgan fingerprint density at radius 1 is 1.56 bits per heavy atom. The van der Waals surface area contributed by atoms with Crippen LogP contribution in [0.4, 0.5) is 0 Å². The van der Waals surface area contributed by atoms with E-state index in [2.05, 4.69) is 18.2 Å². The zero-order valence-electron chi connectivity index (χ0n) is 5.50. The topological polar surface area (TPSA) is 9.23 Å². The predicted molar refractivity (Wildman–Crippen MR) is 35.8 cm³/mol. The van der Waals surface area contributed by atoms with E-state index in [4.69, 9.17) is 4.74 Å². The van der Waals surface area contributed by atoms with Crippen LogP contribution in [0, 0.1) is 11.8 Å². The average Bonchev–Trinajstić information content (AvgIpc) is 2.45. The molecule has 0 amide bonds. The van der Waals surface area contributed by atoms with E-state index in [-0.39, 0.29) is 0 Å². The second-order valence-corrected chi connectivity index (χ2v) is 2.66. The van der Waals surface area contributed by atoms with Crippen molar-refractivity contribution in [2.45, 2.75) is 6.42 Å². The maximum atomic E-state index is 5.15. The van der Waals surface area contributed by atoms with Crippen molar-refractivity contribution in [1.82, 2.24) is 0 Å². The van der Waals surface area contributed by atoms with E-state index in [0.717, 1.165) is 0 Å². The Kier molecular flexibility index (Phi) is 0.922. The molecule has 2 bridgehead atoms. The first kappa shape index (κ1) is 5.10. The molecule has 2 aliphatic carbocycles. The summed E-state index contributed by atoms with van der Waals surface area (Å²) in [6.07, 6.45) is 7.96. The molecule has 0 aromatic carbocycles. The van der Waals surface area contributed by atoms with Gasteiger partial charge in [-0.05, 0) is 18.4 Å². The second-order valence-electron chi connectivity index (χ2n) is 2.66. The molecule has 0 saturated heterocycles. The highest BCUT2D eigenvalue weighted by Gasteiger charge is 2.28. The summed E-state index contributed by atoms with van der Waals surface area (Å²) >= 11 is 0. The highest BCUT2D eigenvalue weighted by Crippen LogP contribution is 2.37. The van der Waals surface area contributed by atoms with Gasteiger partial charge in [0.1, 0.15) is 0 Å². The fraction of sp³-hybridized carbons (Fsp3) is 0.500. The summed E-state index contributed by atoms with van der Waals surface area (Å²) in [6, 6.07) is 0. The van der Waals surface area contributed by atoms with Gasteiger partial charge in [0.15, 0.2) is 0 Å². The van der Waals surface area contributed by atoms with E-state index in [1.807, 2.05) is 0 Å². The van der Waals surface area contributed by atoms with E-state index >= 15 is 0 Å². The van der Waals surface area contributed by atoms with Crippen molar-refractivity contribution in [3.63, 3.8) is 0 Å². The Morgan fingerprint density at radius 2 is 2.44 bits per heavy atom. The quantitative estimate of drug-likeness (QED) is 0.481. The lowest BCUT2D eigenvalue weighted by atomic mass is 10.1. The van der Waals surface area contributed by atoms with E-state index in [1.54, 1.807) is 7.11 Å². The molecular weight excluding hydrogens is 112 g/mol. The SMILES string of the molecule is COC1=CC2C=CC1C2. The Bertz CT molecular complexity index is 179. The number of hydrogen-bond acceptors (Lipinski definition) is 1. The van der Waals surface area contributed by atoms with Crippen molar-refractivity contribution in [3.8, 4) is 0 Å². The van der Waals surface area contributed by atoms with E-state index < -0.39 is 0 Å². The summed E-state index contributed by atoms with van der Waals surface area (Å²) in [5.41, 5.74) is 0. The molecule has 9 heavy (non-hydrogen) atoms. The van der Waals surface area contributed by atoms with Crippen LogP contribution in [0.1, 0.15) is 6.42 Å². The van der Waals surface area contributed by atoms with Crippen LogP contribution in [-0.2, 0) is 4.74 Å². The molecule has 1 heteroatoms. The van der Waals surface area contributed by atoms with Gasteiger partial charge in [-0.2, -0.15) is 0 Å². The molecule has 0 radical (unpaired) electrons. The highest BCUT2D eigenvalue weighted by atomic mass is 16.5. The lowest BCUT2D eigenvalue weighted by Gasteiger charge is -2.06. The van der Waals surface area contributed by atoms with Gasteiger partial charge in [-0.25, -0.2) is 0 Å². The number of fused-ring (bicyclic) bond motifs is 2. The summed E-state index contributed by atoms with van der Waals surface area (Å²) in [4.78, 5) is 0. The van der Waals surface area contributed by atoms with E-state index in [0.29, 0.717) is 11.8 Å². The average molecular weight is 122 g/mol. The van der Waals surface area contributed by atoms with Crippen molar-refractivity contribution in [2.75, 3.05) is 7.11 Å². The molecule has 0 fully saturated rings. The summed E-state index contributed by atoms with van der Waals surface area (Å²) in [6.45, 7) is 0. The minimum absolute atomic E-state index is 0.611. The predicted octanol–water partition coefficient (Wildman–Crippen LogP) is 1.72. The standard InChI is InChI=1S/C8H10O/c1-9-8-5-6-2-3-7(8)4-6/h2-3,5-7H,4H2,1H3. The smallest absolute Gasteiger partial charge is 0.0990 e. The number of methoxy groups -OCH3 is 1. The second kappa shape index (κ2) is 1.63. The Hall–Kier alpha value is -0.720. The lowest BCUT2D eigenvalue weighted by Crippen LogP contribution is -1.94. The van der Waals surface area contributed by atoms with Crippen molar-refractivity contribution in [2.24, 2.45) is 11.8 Å². The lowest BCUT2D eigenvalue weighted by molar-refractivity contribution is 0.264. The molecule has 1 nitrogen and oxygen atoms in total. The van der Waals surface area contributed by atoms with Crippen LogP contribution in [0.15, 0.2) is 24.0 Å². The van der Waals surface area contributed by atoms with Gasteiger partial charge in [0.2, 0.25) is 0 Å². The maximum Gasteiger partial charge on any atom is 0.0990 e. The molecule has 2 unspecified atom stereocenters. The van der Waals surface area contributed by atoms with Gasteiger partial charge in [0, 0.05) is 5.92 Å². The first-order valence-corrected chi connectivity index (χ1v) is 3.34. The molecule has 0 aliphatic heterocycles. The van der Waals surface area contributed by atoms with E-state index in [9.17, 15) is 0 Å². The van der Waals surface area contributed by atoms with Crippen LogP contribution in [0.5, 0.6) is 0 Å². The van der Waals surface area contributed by atoms with Gasteiger partial charge in [-0.3, -0.25) is 0 Å². The van der Waals surface area contributed by atoms with Crippen LogP contribution in [0.25, 0.3) is 0 Å². The first-order valence-electron chi connectivity index (χ1n) is 3.34. The summed E-state index contributed by atoms with van der Waals surface area (Å²) in [5.74, 6) is 2.47. The van der Waals surface area contributed by atoms with Crippen molar-refractivity contribution in [1.29, 1.82) is 0 Å². The van der Waals surface area contributed by atoms with Crippen LogP contribution in [0.2, 0.25) is 0 Å². The fourth-order valence-electron chi connectivity index (χ4n) is 1.62. The molecular formula is C8H10O.